The van der Waals surface area contributed by atoms with Gasteiger partial charge >= 0.3 is 5.97 Å². The monoisotopic (exact) mass is 325 g/mol. The summed E-state index contributed by atoms with van der Waals surface area (Å²) in [6.45, 7) is 2.54. The molecule has 1 aliphatic carbocycles. The van der Waals surface area contributed by atoms with Crippen molar-refractivity contribution in [3.63, 3.8) is 0 Å². The molecule has 1 N–H and O–H groups in total. The highest BCUT2D eigenvalue weighted by Gasteiger charge is 2.19. The first kappa shape index (κ1) is 16.5. The zero-order valence-electron chi connectivity index (χ0n) is 14.0. The fourth-order valence-corrected chi connectivity index (χ4v) is 3.33. The van der Waals surface area contributed by atoms with Gasteiger partial charge in [-0.2, -0.15) is 0 Å². The van der Waals surface area contributed by atoms with Gasteiger partial charge in [0.2, 0.25) is 5.88 Å². The van der Waals surface area contributed by atoms with Crippen LogP contribution in [0.25, 0.3) is 11.1 Å². The number of pyridine rings is 1. The van der Waals surface area contributed by atoms with Crippen molar-refractivity contribution in [1.82, 2.24) is 4.98 Å². The van der Waals surface area contributed by atoms with E-state index in [2.05, 4.69) is 6.07 Å². The topological polar surface area (TPSA) is 59.4 Å². The van der Waals surface area contributed by atoms with Gasteiger partial charge in [-0.05, 0) is 49.1 Å². The highest BCUT2D eigenvalue weighted by atomic mass is 16.5. The summed E-state index contributed by atoms with van der Waals surface area (Å²) in [4.78, 5) is 15.7. The second-order valence-corrected chi connectivity index (χ2v) is 6.27. The quantitative estimate of drug-likeness (QED) is 0.850. The van der Waals surface area contributed by atoms with Crippen LogP contribution in [0.3, 0.4) is 0 Å². The Morgan fingerprint density at radius 3 is 2.46 bits per heavy atom. The minimum atomic E-state index is -0.908. The molecule has 1 heterocycles. The van der Waals surface area contributed by atoms with Gasteiger partial charge in [0, 0.05) is 17.7 Å². The molecule has 4 heteroatoms. The first-order valence-corrected chi connectivity index (χ1v) is 8.66. The lowest BCUT2D eigenvalue weighted by Crippen LogP contribution is -2.08. The van der Waals surface area contributed by atoms with Crippen LogP contribution in [-0.4, -0.2) is 22.7 Å². The third kappa shape index (κ3) is 3.75. The van der Waals surface area contributed by atoms with Crippen molar-refractivity contribution in [2.45, 2.75) is 44.9 Å². The molecule has 0 amide bonds. The van der Waals surface area contributed by atoms with E-state index in [1.165, 1.54) is 32.1 Å². The molecule has 3 rings (SSSR count). The minimum Gasteiger partial charge on any atom is -0.478 e. The van der Waals surface area contributed by atoms with E-state index in [0.717, 1.165) is 16.8 Å². The molecule has 0 aliphatic heterocycles. The van der Waals surface area contributed by atoms with Gasteiger partial charge in [-0.15, -0.1) is 0 Å². The Hall–Kier alpha value is -2.36. The smallest absolute Gasteiger partial charge is 0.335 e. The third-order valence-corrected chi connectivity index (χ3v) is 4.60. The molecule has 2 aromatic rings. The Balaban J connectivity index is 1.96. The zero-order chi connectivity index (χ0) is 16.9. The number of hydrogen-bond donors (Lipinski definition) is 1. The molecule has 1 aliphatic rings. The number of aromatic carboxylic acids is 1. The molecular formula is C20H23NO3. The van der Waals surface area contributed by atoms with E-state index in [1.807, 2.05) is 25.1 Å². The third-order valence-electron chi connectivity index (χ3n) is 4.60. The summed E-state index contributed by atoms with van der Waals surface area (Å²) in [5, 5.41) is 9.04. The second kappa shape index (κ2) is 7.47. The first-order chi connectivity index (χ1) is 11.7. The van der Waals surface area contributed by atoms with Crippen LogP contribution in [-0.2, 0) is 0 Å². The fraction of sp³-hybridized carbons (Fsp3) is 0.400. The summed E-state index contributed by atoms with van der Waals surface area (Å²) < 4.78 is 5.66. The molecule has 1 saturated carbocycles. The molecule has 126 valence electrons. The van der Waals surface area contributed by atoms with Crippen LogP contribution < -0.4 is 4.74 Å². The van der Waals surface area contributed by atoms with Crippen molar-refractivity contribution in [3.8, 4) is 17.0 Å². The van der Waals surface area contributed by atoms with Crippen molar-refractivity contribution in [3.05, 3.63) is 47.7 Å². The first-order valence-electron chi connectivity index (χ1n) is 8.66. The maximum Gasteiger partial charge on any atom is 0.335 e. The van der Waals surface area contributed by atoms with Gasteiger partial charge in [-0.3, -0.25) is 0 Å². The summed E-state index contributed by atoms with van der Waals surface area (Å²) in [5.74, 6) is 0.239. The highest BCUT2D eigenvalue weighted by Crippen LogP contribution is 2.35. The van der Waals surface area contributed by atoms with Crippen LogP contribution in [0.15, 0.2) is 36.4 Å². The van der Waals surface area contributed by atoms with Crippen molar-refractivity contribution >= 4 is 5.97 Å². The number of aromatic nitrogens is 1. The molecule has 1 aromatic heterocycles. The molecule has 0 atom stereocenters. The standard InChI is InChI=1S/C20H23NO3/c1-2-24-19-13-17(14-8-10-16(11-9-14)20(22)23)12-18(21-19)15-6-4-3-5-7-15/h8-13,15H,2-7H2,1H3,(H,22,23). The van der Waals surface area contributed by atoms with E-state index in [-0.39, 0.29) is 0 Å². The highest BCUT2D eigenvalue weighted by molar-refractivity contribution is 5.88. The summed E-state index contributed by atoms with van der Waals surface area (Å²) in [5.41, 5.74) is 3.41. The SMILES string of the molecule is CCOc1cc(-c2ccc(C(=O)O)cc2)cc(C2CCCCC2)n1. The lowest BCUT2D eigenvalue weighted by molar-refractivity contribution is 0.0697. The number of carboxylic acids is 1. The van der Waals surface area contributed by atoms with E-state index < -0.39 is 5.97 Å². The maximum absolute atomic E-state index is 11.0. The zero-order valence-corrected chi connectivity index (χ0v) is 14.0. The van der Waals surface area contributed by atoms with Crippen LogP contribution in [0.1, 0.15) is 61.0 Å². The number of nitrogens with zero attached hydrogens (tertiary/aromatic N) is 1. The maximum atomic E-state index is 11.0. The molecule has 4 nitrogen and oxygen atoms in total. The van der Waals surface area contributed by atoms with Crippen molar-refractivity contribution < 1.29 is 14.6 Å². The Morgan fingerprint density at radius 2 is 1.83 bits per heavy atom. The van der Waals surface area contributed by atoms with Gasteiger partial charge in [-0.25, -0.2) is 9.78 Å². The lowest BCUT2D eigenvalue weighted by Gasteiger charge is -2.22. The van der Waals surface area contributed by atoms with Gasteiger partial charge in [0.1, 0.15) is 0 Å². The summed E-state index contributed by atoms with van der Waals surface area (Å²) >= 11 is 0. The average Bonchev–Trinajstić information content (AvgIpc) is 2.62. The number of ether oxygens (including phenoxy) is 1. The Morgan fingerprint density at radius 1 is 1.12 bits per heavy atom. The largest absolute Gasteiger partial charge is 0.478 e. The molecule has 0 bridgehead atoms. The number of carboxylic acid groups (broad SMARTS) is 1. The second-order valence-electron chi connectivity index (χ2n) is 6.27. The summed E-state index contributed by atoms with van der Waals surface area (Å²) in [6, 6.07) is 11.0. The van der Waals surface area contributed by atoms with Crippen LogP contribution in [0.4, 0.5) is 0 Å². The van der Waals surface area contributed by atoms with Gasteiger partial charge in [0.05, 0.1) is 12.2 Å². The number of carbonyl (C=O) groups is 1. The summed E-state index contributed by atoms with van der Waals surface area (Å²) in [7, 11) is 0. The number of hydrogen-bond acceptors (Lipinski definition) is 3. The molecule has 0 radical (unpaired) electrons. The number of benzene rings is 1. The predicted octanol–water partition coefficient (Wildman–Crippen LogP) is 4.89. The van der Waals surface area contributed by atoms with Gasteiger partial charge in [0.15, 0.2) is 0 Å². The average molecular weight is 325 g/mol. The normalized spacial score (nSPS) is 15.2. The minimum absolute atomic E-state index is 0.297. The number of rotatable bonds is 5. The molecular weight excluding hydrogens is 302 g/mol. The molecule has 24 heavy (non-hydrogen) atoms. The molecule has 0 saturated heterocycles. The van der Waals surface area contributed by atoms with Crippen molar-refractivity contribution in [1.29, 1.82) is 0 Å². The van der Waals surface area contributed by atoms with E-state index in [1.54, 1.807) is 12.1 Å². The predicted molar refractivity (Wildman–Crippen MR) is 93.6 cm³/mol. The van der Waals surface area contributed by atoms with E-state index in [4.69, 9.17) is 14.8 Å². The molecule has 1 fully saturated rings. The van der Waals surface area contributed by atoms with E-state index in [9.17, 15) is 4.79 Å². The van der Waals surface area contributed by atoms with Crippen molar-refractivity contribution in [2.75, 3.05) is 6.61 Å². The van der Waals surface area contributed by atoms with Crippen LogP contribution >= 0.6 is 0 Å². The van der Waals surface area contributed by atoms with Crippen LogP contribution in [0.2, 0.25) is 0 Å². The Bertz CT molecular complexity index is 703. The van der Waals surface area contributed by atoms with Gasteiger partial charge in [-0.1, -0.05) is 31.4 Å². The lowest BCUT2D eigenvalue weighted by atomic mass is 9.86. The summed E-state index contributed by atoms with van der Waals surface area (Å²) in [6.07, 6.45) is 6.19. The Kier molecular flexibility index (Phi) is 5.14. The van der Waals surface area contributed by atoms with Gasteiger partial charge < -0.3 is 9.84 Å². The molecule has 1 aromatic carbocycles. The molecule has 0 spiro atoms. The molecule has 0 unspecified atom stereocenters. The Labute approximate surface area is 142 Å². The van der Waals surface area contributed by atoms with Crippen LogP contribution in [0.5, 0.6) is 5.88 Å². The van der Waals surface area contributed by atoms with Crippen LogP contribution in [0, 0.1) is 0 Å². The van der Waals surface area contributed by atoms with Gasteiger partial charge in [0.25, 0.3) is 0 Å². The fourth-order valence-electron chi connectivity index (χ4n) is 3.33. The van der Waals surface area contributed by atoms with Crippen molar-refractivity contribution in [2.24, 2.45) is 0 Å². The van der Waals surface area contributed by atoms with E-state index >= 15 is 0 Å². The van der Waals surface area contributed by atoms with E-state index in [0.29, 0.717) is 24.0 Å².